The van der Waals surface area contributed by atoms with Gasteiger partial charge in [-0.25, -0.2) is 0 Å². The second kappa shape index (κ2) is 8.11. The maximum absolute atomic E-state index is 3.59. The predicted octanol–water partition coefficient (Wildman–Crippen LogP) is 4.37. The molecule has 0 saturated carbocycles. The van der Waals surface area contributed by atoms with Crippen molar-refractivity contribution in [3.8, 4) is 0 Å². The van der Waals surface area contributed by atoms with Gasteiger partial charge in [-0.15, -0.1) is 0 Å². The maximum Gasteiger partial charge on any atom is 0.0107 e. The molecule has 0 aliphatic carbocycles. The van der Waals surface area contributed by atoms with Crippen LogP contribution in [0.15, 0.2) is 0 Å². The average Bonchev–Trinajstić information content (AvgIpc) is 2.24. The zero-order valence-electron chi connectivity index (χ0n) is 11.6. The molecule has 1 aliphatic heterocycles. The molecule has 0 amide bonds. The van der Waals surface area contributed by atoms with Gasteiger partial charge in [0.2, 0.25) is 0 Å². The molecule has 2 unspecified atom stereocenters. The van der Waals surface area contributed by atoms with Gasteiger partial charge in [-0.3, -0.25) is 0 Å². The first-order valence-electron chi connectivity index (χ1n) is 7.55. The monoisotopic (exact) mass is 225 g/mol. The van der Waals surface area contributed by atoms with Crippen LogP contribution >= 0.6 is 0 Å². The Morgan fingerprint density at radius 2 is 1.88 bits per heavy atom. The third-order valence-corrected chi connectivity index (χ3v) is 4.38. The van der Waals surface area contributed by atoms with E-state index in [1.54, 1.807) is 0 Å². The summed E-state index contributed by atoms with van der Waals surface area (Å²) in [5.41, 5.74) is 0. The number of rotatable bonds is 9. The third kappa shape index (κ3) is 4.45. The van der Waals surface area contributed by atoms with Crippen LogP contribution in [0.1, 0.15) is 72.1 Å². The topological polar surface area (TPSA) is 12.0 Å². The summed E-state index contributed by atoms with van der Waals surface area (Å²) in [7, 11) is 0. The van der Waals surface area contributed by atoms with Gasteiger partial charge in [0, 0.05) is 6.04 Å². The Morgan fingerprint density at radius 3 is 2.31 bits per heavy atom. The molecule has 1 heterocycles. The molecule has 1 rings (SSSR count). The Balaban J connectivity index is 2.23. The van der Waals surface area contributed by atoms with E-state index in [1.807, 2.05) is 0 Å². The van der Waals surface area contributed by atoms with Crippen molar-refractivity contribution in [2.75, 3.05) is 6.54 Å². The van der Waals surface area contributed by atoms with Gasteiger partial charge >= 0.3 is 0 Å². The molecular formula is C15H31N. The lowest BCUT2D eigenvalue weighted by Gasteiger charge is -2.36. The molecular weight excluding hydrogens is 194 g/mol. The van der Waals surface area contributed by atoms with E-state index in [0.29, 0.717) is 0 Å². The van der Waals surface area contributed by atoms with Gasteiger partial charge < -0.3 is 5.32 Å². The minimum absolute atomic E-state index is 0.852. The summed E-state index contributed by atoms with van der Waals surface area (Å²) in [6.07, 6.45) is 11.3. The summed E-state index contributed by atoms with van der Waals surface area (Å²) in [5, 5.41) is 3.59. The summed E-state index contributed by atoms with van der Waals surface area (Å²) in [6.45, 7) is 8.29. The van der Waals surface area contributed by atoms with E-state index in [4.69, 9.17) is 0 Å². The zero-order valence-corrected chi connectivity index (χ0v) is 11.6. The lowest BCUT2D eigenvalue weighted by atomic mass is 9.80. The SMILES string of the molecule is CCCCC[C@@H](CC)CC(CC)C1CCN1. The van der Waals surface area contributed by atoms with Gasteiger partial charge in [-0.2, -0.15) is 0 Å². The first-order valence-corrected chi connectivity index (χ1v) is 7.55. The van der Waals surface area contributed by atoms with E-state index in [9.17, 15) is 0 Å². The fourth-order valence-corrected chi connectivity index (χ4v) is 2.93. The molecule has 16 heavy (non-hydrogen) atoms. The average molecular weight is 225 g/mol. The van der Waals surface area contributed by atoms with Crippen LogP contribution in [-0.2, 0) is 0 Å². The van der Waals surface area contributed by atoms with Gasteiger partial charge in [0.1, 0.15) is 0 Å². The van der Waals surface area contributed by atoms with Crippen LogP contribution in [0.4, 0.5) is 0 Å². The molecule has 96 valence electrons. The van der Waals surface area contributed by atoms with Crippen molar-refractivity contribution >= 4 is 0 Å². The molecule has 3 atom stereocenters. The van der Waals surface area contributed by atoms with Gasteiger partial charge in [-0.05, 0) is 31.2 Å². The van der Waals surface area contributed by atoms with Crippen LogP contribution in [0.3, 0.4) is 0 Å². The van der Waals surface area contributed by atoms with Crippen molar-refractivity contribution in [2.45, 2.75) is 78.2 Å². The molecule has 1 saturated heterocycles. The van der Waals surface area contributed by atoms with Gasteiger partial charge in [-0.1, -0.05) is 59.3 Å². The lowest BCUT2D eigenvalue weighted by Crippen LogP contribution is -2.48. The van der Waals surface area contributed by atoms with Crippen molar-refractivity contribution < 1.29 is 0 Å². The van der Waals surface area contributed by atoms with E-state index in [1.165, 1.54) is 57.9 Å². The fraction of sp³-hybridized carbons (Fsp3) is 1.00. The maximum atomic E-state index is 3.59. The van der Waals surface area contributed by atoms with Gasteiger partial charge in [0.25, 0.3) is 0 Å². The van der Waals surface area contributed by atoms with Crippen LogP contribution in [0.25, 0.3) is 0 Å². The minimum Gasteiger partial charge on any atom is -0.314 e. The van der Waals surface area contributed by atoms with Crippen LogP contribution in [0.2, 0.25) is 0 Å². The molecule has 0 radical (unpaired) electrons. The molecule has 1 heteroatoms. The molecule has 1 nitrogen and oxygen atoms in total. The van der Waals surface area contributed by atoms with Crippen LogP contribution < -0.4 is 5.32 Å². The van der Waals surface area contributed by atoms with Crippen molar-refractivity contribution in [1.82, 2.24) is 5.32 Å². The largest absolute Gasteiger partial charge is 0.314 e. The summed E-state index contributed by atoms with van der Waals surface area (Å²) in [6, 6.07) is 0.852. The number of nitrogens with one attached hydrogen (secondary N) is 1. The van der Waals surface area contributed by atoms with E-state index < -0.39 is 0 Å². The summed E-state index contributed by atoms with van der Waals surface area (Å²) in [5.74, 6) is 1.93. The first kappa shape index (κ1) is 14.0. The molecule has 1 aliphatic rings. The standard InChI is InChI=1S/C15H31N/c1-4-7-8-9-13(5-2)12-14(6-3)15-10-11-16-15/h13-16H,4-12H2,1-3H3/t13-,14?,15?/m1/s1. The lowest BCUT2D eigenvalue weighted by molar-refractivity contribution is 0.207. The van der Waals surface area contributed by atoms with Gasteiger partial charge in [0.05, 0.1) is 0 Å². The second-order valence-corrected chi connectivity index (χ2v) is 5.52. The van der Waals surface area contributed by atoms with E-state index in [0.717, 1.165) is 17.9 Å². The highest BCUT2D eigenvalue weighted by atomic mass is 15.0. The Labute approximate surface area is 102 Å². The Morgan fingerprint density at radius 1 is 1.12 bits per heavy atom. The number of hydrogen-bond donors (Lipinski definition) is 1. The van der Waals surface area contributed by atoms with Crippen molar-refractivity contribution in [2.24, 2.45) is 11.8 Å². The molecule has 0 aromatic rings. The third-order valence-electron chi connectivity index (χ3n) is 4.38. The summed E-state index contributed by atoms with van der Waals surface area (Å²) in [4.78, 5) is 0. The Bertz CT molecular complexity index is 163. The normalized spacial score (nSPS) is 23.8. The Hall–Kier alpha value is -0.0400. The van der Waals surface area contributed by atoms with E-state index >= 15 is 0 Å². The first-order chi connectivity index (χ1) is 7.81. The van der Waals surface area contributed by atoms with Crippen molar-refractivity contribution in [3.05, 3.63) is 0 Å². The highest BCUT2D eigenvalue weighted by Crippen LogP contribution is 2.28. The van der Waals surface area contributed by atoms with E-state index in [-0.39, 0.29) is 0 Å². The Kier molecular flexibility index (Phi) is 7.11. The summed E-state index contributed by atoms with van der Waals surface area (Å²) >= 11 is 0. The fourth-order valence-electron chi connectivity index (χ4n) is 2.93. The highest BCUT2D eigenvalue weighted by molar-refractivity contribution is 4.85. The van der Waals surface area contributed by atoms with Crippen molar-refractivity contribution in [1.29, 1.82) is 0 Å². The number of unbranched alkanes of at least 4 members (excludes halogenated alkanes) is 2. The summed E-state index contributed by atoms with van der Waals surface area (Å²) < 4.78 is 0. The van der Waals surface area contributed by atoms with Crippen LogP contribution in [-0.4, -0.2) is 12.6 Å². The van der Waals surface area contributed by atoms with Crippen molar-refractivity contribution in [3.63, 3.8) is 0 Å². The molecule has 0 spiro atoms. The van der Waals surface area contributed by atoms with E-state index in [2.05, 4.69) is 26.1 Å². The highest BCUT2D eigenvalue weighted by Gasteiger charge is 2.26. The molecule has 0 bridgehead atoms. The van der Waals surface area contributed by atoms with Crippen LogP contribution in [0.5, 0.6) is 0 Å². The molecule has 0 aromatic carbocycles. The molecule has 1 N–H and O–H groups in total. The van der Waals surface area contributed by atoms with Gasteiger partial charge in [0.15, 0.2) is 0 Å². The smallest absolute Gasteiger partial charge is 0.0107 e. The zero-order chi connectivity index (χ0) is 11.8. The molecule has 1 fully saturated rings. The predicted molar refractivity (Wildman–Crippen MR) is 72.7 cm³/mol. The number of hydrogen-bond acceptors (Lipinski definition) is 1. The quantitative estimate of drug-likeness (QED) is 0.575. The van der Waals surface area contributed by atoms with Crippen LogP contribution in [0, 0.1) is 11.8 Å². The second-order valence-electron chi connectivity index (χ2n) is 5.52. The minimum atomic E-state index is 0.852. The molecule has 0 aromatic heterocycles.